The summed E-state index contributed by atoms with van der Waals surface area (Å²) >= 11 is 0. The number of fused-ring (bicyclic) bond motifs is 1. The monoisotopic (exact) mass is 680 g/mol. The third-order valence-corrected chi connectivity index (χ3v) is 10.6. The van der Waals surface area contributed by atoms with Crippen LogP contribution in [0.25, 0.3) is 0 Å². The van der Waals surface area contributed by atoms with Crippen LogP contribution >= 0.6 is 0 Å². The molecule has 2 aromatic rings. The Balaban J connectivity index is 1.44. The summed E-state index contributed by atoms with van der Waals surface area (Å²) in [5.41, 5.74) is 4.87. The van der Waals surface area contributed by atoms with Gasteiger partial charge in [0.2, 0.25) is 0 Å². The van der Waals surface area contributed by atoms with Gasteiger partial charge in [-0.1, -0.05) is 71.6 Å². The summed E-state index contributed by atoms with van der Waals surface area (Å²) in [5, 5.41) is 0. The summed E-state index contributed by atoms with van der Waals surface area (Å²) in [7, 11) is 1.75. The van der Waals surface area contributed by atoms with Gasteiger partial charge in [0, 0.05) is 32.8 Å². The van der Waals surface area contributed by atoms with Gasteiger partial charge in [-0.2, -0.15) is 0 Å². The summed E-state index contributed by atoms with van der Waals surface area (Å²) in [6, 6.07) is 13.2. The van der Waals surface area contributed by atoms with Crippen LogP contribution in [-0.2, 0) is 36.5 Å². The molecule has 1 aliphatic carbocycles. The Hall–Kier alpha value is -2.16. The van der Waals surface area contributed by atoms with E-state index in [-0.39, 0.29) is 36.1 Å². The lowest BCUT2D eigenvalue weighted by atomic mass is 9.74. The van der Waals surface area contributed by atoms with E-state index in [9.17, 15) is 0 Å². The Morgan fingerprint density at radius 3 is 2.06 bits per heavy atom. The summed E-state index contributed by atoms with van der Waals surface area (Å²) in [6.45, 7) is 11.9. The highest BCUT2D eigenvalue weighted by atomic mass is 16.6. The number of unbranched alkanes of at least 4 members (excludes halogenated alkanes) is 4. The van der Waals surface area contributed by atoms with Gasteiger partial charge in [-0.05, 0) is 98.2 Å². The third kappa shape index (κ3) is 10.0. The summed E-state index contributed by atoms with van der Waals surface area (Å²) < 4.78 is 45.8. The molecule has 0 unspecified atom stereocenters. The van der Waals surface area contributed by atoms with Gasteiger partial charge in [-0.15, -0.1) is 0 Å². The molecule has 5 atom stereocenters. The van der Waals surface area contributed by atoms with Gasteiger partial charge in [-0.3, -0.25) is 0 Å². The molecule has 0 aromatic heterocycles. The van der Waals surface area contributed by atoms with E-state index >= 15 is 0 Å². The first-order valence-electron chi connectivity index (χ1n) is 19.6. The lowest BCUT2D eigenvalue weighted by Crippen LogP contribution is -2.58. The number of aryl methyl sites for hydroxylation is 1. The Labute approximate surface area is 296 Å². The second-order valence-corrected chi connectivity index (χ2v) is 14.4. The first kappa shape index (κ1) is 38.1. The van der Waals surface area contributed by atoms with Crippen molar-refractivity contribution >= 4 is 0 Å². The van der Waals surface area contributed by atoms with Crippen molar-refractivity contribution in [1.82, 2.24) is 0 Å². The molecule has 2 fully saturated rings. The van der Waals surface area contributed by atoms with Gasteiger partial charge >= 0.3 is 0 Å². The highest BCUT2D eigenvalue weighted by Gasteiger charge is 2.49. The van der Waals surface area contributed by atoms with E-state index in [1.807, 2.05) is 0 Å². The molecule has 0 bridgehead atoms. The van der Waals surface area contributed by atoms with Gasteiger partial charge in [0.25, 0.3) is 0 Å². The van der Waals surface area contributed by atoms with Gasteiger partial charge in [-0.25, -0.2) is 0 Å². The fraction of sp³-hybridized carbons (Fsp3) is 0.714. The average Bonchev–Trinajstić information content (AvgIpc) is 3.10. The van der Waals surface area contributed by atoms with E-state index in [4.69, 9.17) is 33.2 Å². The lowest BCUT2D eigenvalue weighted by Gasteiger charge is -2.46. The van der Waals surface area contributed by atoms with Crippen molar-refractivity contribution in [1.29, 1.82) is 0 Å². The molecule has 0 radical (unpaired) electrons. The van der Waals surface area contributed by atoms with Crippen molar-refractivity contribution in [2.24, 2.45) is 0 Å². The fourth-order valence-electron chi connectivity index (χ4n) is 7.37. The summed E-state index contributed by atoms with van der Waals surface area (Å²) in [6.07, 6.45) is 13.4. The van der Waals surface area contributed by atoms with Gasteiger partial charge in [0.15, 0.2) is 0 Å². The summed E-state index contributed by atoms with van der Waals surface area (Å²) in [5.74, 6) is 1.94. The fourth-order valence-corrected chi connectivity index (χ4v) is 7.37. The molecule has 2 aromatic carbocycles. The SMILES string of the molecule is CCCCOC[C@H]1O[C@@H](c2ccc(OC)c(Cc3ccc4c(c3)CCC3(CCC3)O4)c2)[C@H](OCCCC)[C@@H](OCCCC)[C@@H]1OCCCC. The highest BCUT2D eigenvalue weighted by Crippen LogP contribution is 2.45. The van der Waals surface area contributed by atoms with Gasteiger partial charge in [0.05, 0.1) is 13.7 Å². The zero-order valence-electron chi connectivity index (χ0n) is 31.1. The van der Waals surface area contributed by atoms with Crippen molar-refractivity contribution < 1.29 is 33.2 Å². The maximum atomic E-state index is 7.05. The van der Waals surface area contributed by atoms with Gasteiger partial charge in [0.1, 0.15) is 47.6 Å². The van der Waals surface area contributed by atoms with Gasteiger partial charge < -0.3 is 33.2 Å². The number of hydrogen-bond donors (Lipinski definition) is 0. The number of rotatable bonds is 21. The minimum Gasteiger partial charge on any atom is -0.496 e. The number of methoxy groups -OCH3 is 1. The third-order valence-electron chi connectivity index (χ3n) is 10.6. The number of ether oxygens (including phenoxy) is 7. The van der Waals surface area contributed by atoms with Crippen molar-refractivity contribution in [2.45, 2.75) is 154 Å². The number of benzene rings is 2. The van der Waals surface area contributed by atoms with E-state index in [0.29, 0.717) is 33.0 Å². The molecule has 7 nitrogen and oxygen atoms in total. The van der Waals surface area contributed by atoms with Crippen LogP contribution in [0.1, 0.15) is 133 Å². The van der Waals surface area contributed by atoms with E-state index < -0.39 is 0 Å². The molecule has 2 aliphatic heterocycles. The Kier molecular flexibility index (Phi) is 15.1. The van der Waals surface area contributed by atoms with Crippen LogP contribution in [0.2, 0.25) is 0 Å². The molecule has 1 spiro atoms. The Morgan fingerprint density at radius 1 is 0.735 bits per heavy atom. The molecule has 274 valence electrons. The molecule has 7 heteroatoms. The molecule has 1 saturated heterocycles. The quantitative estimate of drug-likeness (QED) is 0.122. The molecular weight excluding hydrogens is 616 g/mol. The predicted octanol–water partition coefficient (Wildman–Crippen LogP) is 9.35. The first-order valence-corrected chi connectivity index (χ1v) is 19.6. The standard InChI is InChI=1S/C42H64O7/c1-6-10-23-44-30-37-39(45-24-11-7-2)41(47-26-13-9-4)40(46-25-12-8-3)38(48-37)33-16-18-35(43-5)34(29-33)28-31-15-17-36-32(27-31)19-22-42(49-36)20-14-21-42/h15-18,27,29,37-41H,6-14,19-26,28,30H2,1-5H3/t37-,38+,39-,40+,41+/m1/s1. The second kappa shape index (κ2) is 19.4. The maximum absolute atomic E-state index is 7.05. The largest absolute Gasteiger partial charge is 0.496 e. The van der Waals surface area contributed by atoms with Crippen LogP contribution in [0.15, 0.2) is 36.4 Å². The van der Waals surface area contributed by atoms with Crippen LogP contribution in [0, 0.1) is 0 Å². The molecule has 1 saturated carbocycles. The van der Waals surface area contributed by atoms with E-state index in [1.165, 1.54) is 30.4 Å². The van der Waals surface area contributed by atoms with Crippen LogP contribution in [-0.4, -0.2) is 70.2 Å². The smallest absolute Gasteiger partial charge is 0.123 e. The van der Waals surface area contributed by atoms with Crippen molar-refractivity contribution in [3.05, 3.63) is 58.7 Å². The zero-order valence-corrected chi connectivity index (χ0v) is 31.1. The molecule has 2 heterocycles. The molecule has 3 aliphatic rings. The van der Waals surface area contributed by atoms with E-state index in [0.717, 1.165) is 93.3 Å². The van der Waals surface area contributed by atoms with Crippen LogP contribution in [0.4, 0.5) is 0 Å². The first-order chi connectivity index (χ1) is 24.0. The van der Waals surface area contributed by atoms with E-state index in [2.05, 4.69) is 64.1 Å². The normalized spacial score (nSPS) is 24.3. The molecule has 5 rings (SSSR count). The predicted molar refractivity (Wildman–Crippen MR) is 195 cm³/mol. The minimum atomic E-state index is -0.338. The van der Waals surface area contributed by atoms with Crippen LogP contribution in [0.3, 0.4) is 0 Å². The van der Waals surface area contributed by atoms with Crippen molar-refractivity contribution in [2.75, 3.05) is 40.1 Å². The molecular formula is C42H64O7. The minimum absolute atomic E-state index is 0.0961. The summed E-state index contributed by atoms with van der Waals surface area (Å²) in [4.78, 5) is 0. The highest BCUT2D eigenvalue weighted by molar-refractivity contribution is 5.45. The lowest BCUT2D eigenvalue weighted by molar-refractivity contribution is -0.268. The Bertz CT molecular complexity index is 1260. The van der Waals surface area contributed by atoms with Crippen LogP contribution in [0.5, 0.6) is 11.5 Å². The van der Waals surface area contributed by atoms with E-state index in [1.54, 1.807) is 7.11 Å². The molecule has 49 heavy (non-hydrogen) atoms. The topological polar surface area (TPSA) is 64.6 Å². The molecule has 0 amide bonds. The second-order valence-electron chi connectivity index (χ2n) is 14.4. The number of hydrogen-bond acceptors (Lipinski definition) is 7. The van der Waals surface area contributed by atoms with Crippen molar-refractivity contribution in [3.63, 3.8) is 0 Å². The van der Waals surface area contributed by atoms with Crippen molar-refractivity contribution in [3.8, 4) is 11.5 Å². The molecule has 0 N–H and O–H groups in total. The maximum Gasteiger partial charge on any atom is 0.123 e. The van der Waals surface area contributed by atoms with Crippen LogP contribution < -0.4 is 9.47 Å². The Morgan fingerprint density at radius 2 is 1.41 bits per heavy atom. The zero-order chi connectivity index (χ0) is 34.5. The average molecular weight is 681 g/mol.